The summed E-state index contributed by atoms with van der Waals surface area (Å²) in [6.07, 6.45) is 0.839. The van der Waals surface area contributed by atoms with Crippen molar-refractivity contribution in [2.75, 3.05) is 38.5 Å². The fraction of sp³-hybridized carbons (Fsp3) is 0.381. The van der Waals surface area contributed by atoms with Crippen molar-refractivity contribution < 1.29 is 13.2 Å². The Morgan fingerprint density at radius 2 is 1.71 bits per heavy atom. The molecule has 2 aromatic rings. The van der Waals surface area contributed by atoms with Gasteiger partial charge in [-0.25, -0.2) is 8.42 Å². The van der Waals surface area contributed by atoms with Crippen LogP contribution in [0, 0.1) is 6.92 Å². The number of aryl methyl sites for hydroxylation is 1. The molecule has 152 valence electrons. The molecule has 1 N–H and O–H groups in total. The number of sulfonamides is 1. The number of nitrogens with one attached hydrogen (secondary N) is 1. The molecule has 0 atom stereocenters. The molecule has 0 bridgehead atoms. The summed E-state index contributed by atoms with van der Waals surface area (Å²) in [7, 11) is 0.135. The van der Waals surface area contributed by atoms with E-state index in [1.807, 2.05) is 38.9 Å². The first-order valence-corrected chi connectivity index (χ1v) is 10.8. The van der Waals surface area contributed by atoms with E-state index in [0.717, 1.165) is 18.5 Å². The van der Waals surface area contributed by atoms with Crippen LogP contribution in [0.4, 0.5) is 5.69 Å². The molecule has 0 aromatic heterocycles. The Labute approximate surface area is 168 Å². The molecule has 0 spiro atoms. The zero-order chi connectivity index (χ0) is 20.7. The molecule has 0 heterocycles. The predicted molar refractivity (Wildman–Crippen MR) is 113 cm³/mol. The van der Waals surface area contributed by atoms with Crippen molar-refractivity contribution in [2.24, 2.45) is 0 Å². The molecule has 0 radical (unpaired) electrons. The molecule has 1 amide bonds. The van der Waals surface area contributed by atoms with Crippen molar-refractivity contribution in [1.29, 1.82) is 0 Å². The van der Waals surface area contributed by atoms with E-state index < -0.39 is 10.0 Å². The van der Waals surface area contributed by atoms with E-state index in [0.29, 0.717) is 24.3 Å². The first-order valence-electron chi connectivity index (χ1n) is 9.36. The second-order valence-corrected chi connectivity index (χ2v) is 8.78. The number of benzene rings is 2. The van der Waals surface area contributed by atoms with Crippen LogP contribution in [-0.4, -0.2) is 57.9 Å². The lowest BCUT2D eigenvalue weighted by Crippen LogP contribution is -2.37. The van der Waals surface area contributed by atoms with Gasteiger partial charge in [0.2, 0.25) is 0 Å². The summed E-state index contributed by atoms with van der Waals surface area (Å²) >= 11 is 0. The molecule has 7 heteroatoms. The molecule has 0 unspecified atom stereocenters. The van der Waals surface area contributed by atoms with Gasteiger partial charge in [0.1, 0.15) is 0 Å². The Morgan fingerprint density at radius 3 is 2.36 bits per heavy atom. The lowest BCUT2D eigenvalue weighted by Gasteiger charge is -2.24. The third-order valence-corrected chi connectivity index (χ3v) is 5.64. The van der Waals surface area contributed by atoms with Crippen LogP contribution in [0.5, 0.6) is 0 Å². The summed E-state index contributed by atoms with van der Waals surface area (Å²) in [6.45, 7) is 5.89. The van der Waals surface area contributed by atoms with E-state index in [1.54, 1.807) is 35.2 Å². The highest BCUT2D eigenvalue weighted by atomic mass is 32.2. The van der Waals surface area contributed by atoms with Crippen LogP contribution in [0.15, 0.2) is 53.4 Å². The van der Waals surface area contributed by atoms with Crippen molar-refractivity contribution >= 4 is 21.6 Å². The van der Waals surface area contributed by atoms with Gasteiger partial charge >= 0.3 is 0 Å². The van der Waals surface area contributed by atoms with Crippen LogP contribution in [0.25, 0.3) is 0 Å². The van der Waals surface area contributed by atoms with Gasteiger partial charge in [0.05, 0.1) is 4.90 Å². The van der Waals surface area contributed by atoms with Gasteiger partial charge in [0.25, 0.3) is 15.9 Å². The predicted octanol–water partition coefficient (Wildman–Crippen LogP) is 3.21. The average molecular weight is 404 g/mol. The maximum absolute atomic E-state index is 12.9. The first kappa shape index (κ1) is 21.9. The zero-order valence-electron chi connectivity index (χ0n) is 17.0. The number of hydrogen-bond donors (Lipinski definition) is 1. The normalized spacial score (nSPS) is 11.5. The number of rotatable bonds is 9. The second-order valence-electron chi connectivity index (χ2n) is 7.10. The molecule has 0 fully saturated rings. The van der Waals surface area contributed by atoms with Crippen LogP contribution in [0.2, 0.25) is 0 Å². The maximum Gasteiger partial charge on any atom is 0.261 e. The fourth-order valence-corrected chi connectivity index (χ4v) is 3.90. The fourth-order valence-electron chi connectivity index (χ4n) is 2.81. The monoisotopic (exact) mass is 403 g/mol. The Balaban J connectivity index is 2.24. The molecule has 0 saturated heterocycles. The van der Waals surface area contributed by atoms with Crippen molar-refractivity contribution in [3.8, 4) is 0 Å². The molecule has 28 heavy (non-hydrogen) atoms. The molecule has 0 aliphatic heterocycles. The smallest absolute Gasteiger partial charge is 0.261 e. The Hall–Kier alpha value is -2.38. The average Bonchev–Trinajstić information content (AvgIpc) is 2.64. The second kappa shape index (κ2) is 9.71. The number of anilines is 1. The summed E-state index contributed by atoms with van der Waals surface area (Å²) < 4.78 is 28.1. The van der Waals surface area contributed by atoms with Gasteiger partial charge in [0, 0.05) is 30.9 Å². The molecule has 0 saturated carbocycles. The van der Waals surface area contributed by atoms with E-state index in [1.165, 1.54) is 12.1 Å². The minimum absolute atomic E-state index is 0.0731. The lowest BCUT2D eigenvalue weighted by atomic mass is 10.2. The minimum Gasteiger partial charge on any atom is -0.337 e. The largest absolute Gasteiger partial charge is 0.337 e. The highest BCUT2D eigenvalue weighted by molar-refractivity contribution is 7.92. The topological polar surface area (TPSA) is 69.7 Å². The molecule has 6 nitrogen and oxygen atoms in total. The molecule has 0 aliphatic rings. The van der Waals surface area contributed by atoms with Crippen molar-refractivity contribution in [1.82, 2.24) is 9.80 Å². The molecular formula is C21H29N3O3S. The van der Waals surface area contributed by atoms with Crippen LogP contribution >= 0.6 is 0 Å². The van der Waals surface area contributed by atoms with Crippen molar-refractivity contribution in [3.63, 3.8) is 0 Å². The van der Waals surface area contributed by atoms with Crippen LogP contribution in [0.3, 0.4) is 0 Å². The van der Waals surface area contributed by atoms with Gasteiger partial charge < -0.3 is 9.80 Å². The number of likely N-dealkylation sites (N-methyl/N-ethyl adjacent to an activating group) is 1. The lowest BCUT2D eigenvalue weighted by molar-refractivity contribution is 0.0744. The van der Waals surface area contributed by atoms with E-state index >= 15 is 0 Å². The van der Waals surface area contributed by atoms with E-state index in [2.05, 4.69) is 4.72 Å². The van der Waals surface area contributed by atoms with Gasteiger partial charge in [-0.1, -0.05) is 25.1 Å². The molecule has 0 aliphatic carbocycles. The summed E-state index contributed by atoms with van der Waals surface area (Å²) in [4.78, 5) is 16.8. The van der Waals surface area contributed by atoms with Crippen LogP contribution in [0.1, 0.15) is 29.3 Å². The Kier molecular flexibility index (Phi) is 7.60. The highest BCUT2D eigenvalue weighted by Crippen LogP contribution is 2.19. The van der Waals surface area contributed by atoms with E-state index in [-0.39, 0.29) is 10.8 Å². The van der Waals surface area contributed by atoms with Gasteiger partial charge in [-0.3, -0.25) is 9.52 Å². The summed E-state index contributed by atoms with van der Waals surface area (Å²) in [6, 6.07) is 13.4. The van der Waals surface area contributed by atoms with Crippen molar-refractivity contribution in [3.05, 3.63) is 59.7 Å². The van der Waals surface area contributed by atoms with Gasteiger partial charge in [-0.15, -0.1) is 0 Å². The minimum atomic E-state index is -3.78. The Bertz CT molecular complexity index is 911. The number of amides is 1. The zero-order valence-corrected chi connectivity index (χ0v) is 17.8. The van der Waals surface area contributed by atoms with Gasteiger partial charge in [-0.2, -0.15) is 0 Å². The first-order chi connectivity index (χ1) is 13.2. The molecule has 2 aromatic carbocycles. The van der Waals surface area contributed by atoms with Crippen LogP contribution < -0.4 is 4.72 Å². The van der Waals surface area contributed by atoms with Gasteiger partial charge in [0.15, 0.2) is 0 Å². The molecular weight excluding hydrogens is 374 g/mol. The Morgan fingerprint density at radius 1 is 1.00 bits per heavy atom. The van der Waals surface area contributed by atoms with E-state index in [4.69, 9.17) is 0 Å². The number of carbonyl (C=O) groups is 1. The standard InChI is InChI=1S/C21H29N3O3S/c1-5-12-24(14-13-23(3)4)21(25)18-9-7-11-20(16-18)28(26,27)22-19-10-6-8-17(2)15-19/h6-11,15-16,22H,5,12-14H2,1-4H3. The van der Waals surface area contributed by atoms with Crippen LogP contribution in [-0.2, 0) is 10.0 Å². The van der Waals surface area contributed by atoms with E-state index in [9.17, 15) is 13.2 Å². The number of hydrogen-bond acceptors (Lipinski definition) is 4. The highest BCUT2D eigenvalue weighted by Gasteiger charge is 2.19. The maximum atomic E-state index is 12.9. The van der Waals surface area contributed by atoms with Crippen molar-refractivity contribution in [2.45, 2.75) is 25.2 Å². The quantitative estimate of drug-likeness (QED) is 0.698. The summed E-state index contributed by atoms with van der Waals surface area (Å²) in [5.41, 5.74) is 1.83. The number of carbonyl (C=O) groups excluding carboxylic acids is 1. The SMILES string of the molecule is CCCN(CCN(C)C)C(=O)c1cccc(S(=O)(=O)Nc2cccc(C)c2)c1. The number of nitrogens with zero attached hydrogens (tertiary/aromatic N) is 2. The third kappa shape index (κ3) is 6.07. The summed E-state index contributed by atoms with van der Waals surface area (Å²) in [5.74, 6) is -0.156. The van der Waals surface area contributed by atoms with Gasteiger partial charge in [-0.05, 0) is 63.3 Å². The third-order valence-electron chi connectivity index (χ3n) is 4.26. The molecule has 2 rings (SSSR count). The summed E-state index contributed by atoms with van der Waals surface area (Å²) in [5, 5.41) is 0.